The molecule has 2 saturated heterocycles. The van der Waals surface area contributed by atoms with Gasteiger partial charge in [0.15, 0.2) is 5.84 Å². The van der Waals surface area contributed by atoms with Crippen molar-refractivity contribution in [3.8, 4) is 0 Å². The molecule has 3 aliphatic rings. The van der Waals surface area contributed by atoms with E-state index < -0.39 is 30.3 Å². The van der Waals surface area contributed by atoms with Crippen molar-refractivity contribution in [2.75, 3.05) is 50.8 Å². The molecule has 0 bridgehead atoms. The number of amides is 1. The van der Waals surface area contributed by atoms with Crippen molar-refractivity contribution in [2.24, 2.45) is 5.16 Å². The first-order valence-corrected chi connectivity index (χ1v) is 13.2. The van der Waals surface area contributed by atoms with Crippen LogP contribution in [0.1, 0.15) is 30.7 Å². The number of amidine groups is 1. The number of esters is 1. The minimum absolute atomic E-state index is 0.182. The Morgan fingerprint density at radius 1 is 1.18 bits per heavy atom. The first-order chi connectivity index (χ1) is 19.4. The minimum atomic E-state index is -1.04. The molecule has 3 atom stereocenters. The maximum atomic E-state index is 12.6. The summed E-state index contributed by atoms with van der Waals surface area (Å²) in [6.07, 6.45) is 2.09. The van der Waals surface area contributed by atoms with Crippen molar-refractivity contribution in [1.82, 2.24) is 20.1 Å². The summed E-state index contributed by atoms with van der Waals surface area (Å²) in [4.78, 5) is 51.3. The topological polar surface area (TPSA) is 146 Å². The Morgan fingerprint density at radius 2 is 1.95 bits per heavy atom. The van der Waals surface area contributed by atoms with Crippen LogP contribution < -0.4 is 10.2 Å². The van der Waals surface area contributed by atoms with E-state index in [1.807, 2.05) is 36.4 Å². The third-order valence-corrected chi connectivity index (χ3v) is 7.09. The van der Waals surface area contributed by atoms with Crippen molar-refractivity contribution >= 4 is 29.6 Å². The van der Waals surface area contributed by atoms with Gasteiger partial charge in [-0.05, 0) is 37.3 Å². The molecular formula is C27H32N6O7. The quantitative estimate of drug-likeness (QED) is 0.413. The Kier molecular flexibility index (Phi) is 8.41. The number of pyridine rings is 1. The van der Waals surface area contributed by atoms with E-state index in [1.54, 1.807) is 29.1 Å². The second-order valence-corrected chi connectivity index (χ2v) is 9.72. The van der Waals surface area contributed by atoms with Crippen LogP contribution in [0.15, 0.2) is 53.9 Å². The van der Waals surface area contributed by atoms with E-state index in [4.69, 9.17) is 14.3 Å². The number of hydrogen-bond donors (Lipinski definition) is 2. The van der Waals surface area contributed by atoms with Crippen LogP contribution >= 0.6 is 0 Å². The number of aromatic nitrogens is 1. The second-order valence-electron chi connectivity index (χ2n) is 9.72. The molecule has 3 aliphatic heterocycles. The number of piperazine rings is 1. The third-order valence-electron chi connectivity index (χ3n) is 7.09. The van der Waals surface area contributed by atoms with Crippen molar-refractivity contribution in [3.05, 3.63) is 59.9 Å². The molecule has 0 aliphatic carbocycles. The molecule has 2 aromatic rings. The fraction of sp³-hybridized carbons (Fsp3) is 0.444. The largest absolute Gasteiger partial charge is 0.480 e. The van der Waals surface area contributed by atoms with Crippen LogP contribution in [0.3, 0.4) is 0 Å². The van der Waals surface area contributed by atoms with E-state index in [0.717, 1.165) is 11.1 Å². The van der Waals surface area contributed by atoms with E-state index in [9.17, 15) is 19.5 Å². The number of anilines is 1. The average Bonchev–Trinajstić information content (AvgIpc) is 3.60. The van der Waals surface area contributed by atoms with Gasteiger partial charge in [0.25, 0.3) is 0 Å². The monoisotopic (exact) mass is 552 g/mol. The normalized spacial score (nSPS) is 22.2. The second kappa shape index (κ2) is 12.3. The third kappa shape index (κ3) is 6.32. The van der Waals surface area contributed by atoms with Gasteiger partial charge in [0.1, 0.15) is 12.1 Å². The predicted molar refractivity (Wildman–Crippen MR) is 142 cm³/mol. The molecule has 13 heteroatoms. The highest BCUT2D eigenvalue weighted by atomic mass is 16.7. The number of rotatable bonds is 10. The summed E-state index contributed by atoms with van der Waals surface area (Å²) in [5.41, 5.74) is 2.40. The summed E-state index contributed by atoms with van der Waals surface area (Å²) in [5.74, 6) is -0.962. The fourth-order valence-corrected chi connectivity index (χ4v) is 5.02. The Morgan fingerprint density at radius 3 is 2.62 bits per heavy atom. The number of carboxylic acids is 1. The van der Waals surface area contributed by atoms with Crippen LogP contribution in [-0.2, 0) is 23.9 Å². The van der Waals surface area contributed by atoms with Gasteiger partial charge in [0.2, 0.25) is 6.23 Å². The van der Waals surface area contributed by atoms with Crippen molar-refractivity contribution in [3.63, 3.8) is 0 Å². The van der Waals surface area contributed by atoms with Gasteiger partial charge in [0.05, 0.1) is 19.6 Å². The zero-order chi connectivity index (χ0) is 28.1. The number of nitrogens with one attached hydrogen (secondary N) is 1. The molecule has 1 aromatic heterocycles. The number of oxime groups is 1. The first kappa shape index (κ1) is 27.3. The smallest absolute Gasteiger partial charge is 0.414 e. The molecule has 0 spiro atoms. The van der Waals surface area contributed by atoms with Crippen molar-refractivity contribution < 1.29 is 33.8 Å². The number of benzene rings is 1. The number of aliphatic carboxylic acids is 1. The number of carboxylic acid groups (broad SMARTS) is 1. The van der Waals surface area contributed by atoms with Gasteiger partial charge in [-0.15, -0.1) is 0 Å². The van der Waals surface area contributed by atoms with Crippen LogP contribution in [0.5, 0.6) is 0 Å². The summed E-state index contributed by atoms with van der Waals surface area (Å²) in [6.45, 7) is 5.05. The van der Waals surface area contributed by atoms with Gasteiger partial charge >= 0.3 is 18.0 Å². The minimum Gasteiger partial charge on any atom is -0.480 e. The SMILES string of the molecule is CCOC(=O)CC(C(=O)O)N1CCN(CC2CN(c3ccc(C4=NOC(c5cccnc5)N4)cc3)C(=O)O2)CC1. The highest BCUT2D eigenvalue weighted by molar-refractivity contribution is 6.00. The highest BCUT2D eigenvalue weighted by Gasteiger charge is 2.36. The fourth-order valence-electron chi connectivity index (χ4n) is 5.02. The van der Waals surface area contributed by atoms with Crippen LogP contribution in [0, 0.1) is 0 Å². The zero-order valence-corrected chi connectivity index (χ0v) is 22.1. The average molecular weight is 553 g/mol. The predicted octanol–water partition coefficient (Wildman–Crippen LogP) is 1.41. The van der Waals surface area contributed by atoms with Gasteiger partial charge in [-0.25, -0.2) is 4.79 Å². The van der Waals surface area contributed by atoms with Gasteiger partial charge < -0.3 is 24.7 Å². The molecule has 3 unspecified atom stereocenters. The molecular weight excluding hydrogens is 520 g/mol. The van der Waals surface area contributed by atoms with Crippen LogP contribution in [-0.4, -0.2) is 102 Å². The van der Waals surface area contributed by atoms with E-state index in [-0.39, 0.29) is 19.1 Å². The first-order valence-electron chi connectivity index (χ1n) is 13.2. The summed E-state index contributed by atoms with van der Waals surface area (Å²) in [6, 6.07) is 10.2. The lowest BCUT2D eigenvalue weighted by Gasteiger charge is -2.37. The number of carbonyl (C=O) groups is 3. The molecule has 40 heavy (non-hydrogen) atoms. The lowest BCUT2D eigenvalue weighted by Crippen LogP contribution is -2.54. The van der Waals surface area contributed by atoms with E-state index in [2.05, 4.69) is 20.4 Å². The lowest BCUT2D eigenvalue weighted by molar-refractivity contribution is -0.153. The lowest BCUT2D eigenvalue weighted by atomic mass is 10.1. The maximum Gasteiger partial charge on any atom is 0.414 e. The van der Waals surface area contributed by atoms with Crippen LogP contribution in [0.25, 0.3) is 0 Å². The molecule has 2 N–H and O–H groups in total. The standard InChI is InChI=1S/C27H32N6O7/c1-2-38-23(34)14-22(26(35)36)32-12-10-31(11-13-32)16-21-17-33(27(37)39-21)20-7-5-18(6-8-20)24-29-25(40-30-24)19-4-3-9-28-15-19/h3-9,15,21-22,25H,2,10-14,16-17H2,1H3,(H,29,30)(H,35,36). The molecule has 4 heterocycles. The Hall–Kier alpha value is -4.23. The number of carbonyl (C=O) groups excluding carboxylic acids is 2. The van der Waals surface area contributed by atoms with Crippen molar-refractivity contribution in [2.45, 2.75) is 31.7 Å². The van der Waals surface area contributed by atoms with Gasteiger partial charge in [-0.3, -0.25) is 29.3 Å². The molecule has 1 aromatic carbocycles. The number of ether oxygens (including phenoxy) is 2. The van der Waals surface area contributed by atoms with E-state index >= 15 is 0 Å². The maximum absolute atomic E-state index is 12.6. The summed E-state index contributed by atoms with van der Waals surface area (Å²) in [7, 11) is 0. The highest BCUT2D eigenvalue weighted by Crippen LogP contribution is 2.25. The molecule has 13 nitrogen and oxygen atoms in total. The van der Waals surface area contributed by atoms with E-state index in [0.29, 0.717) is 50.8 Å². The summed E-state index contributed by atoms with van der Waals surface area (Å²) in [5, 5.41) is 17.0. The Balaban J connectivity index is 1.11. The summed E-state index contributed by atoms with van der Waals surface area (Å²) < 4.78 is 10.6. The van der Waals surface area contributed by atoms with Gasteiger partial charge in [-0.2, -0.15) is 0 Å². The summed E-state index contributed by atoms with van der Waals surface area (Å²) >= 11 is 0. The molecule has 212 valence electrons. The van der Waals surface area contributed by atoms with Crippen molar-refractivity contribution in [1.29, 1.82) is 0 Å². The van der Waals surface area contributed by atoms with Crippen LogP contribution in [0.4, 0.5) is 10.5 Å². The number of hydrogen-bond acceptors (Lipinski definition) is 11. The van der Waals surface area contributed by atoms with Crippen LogP contribution in [0.2, 0.25) is 0 Å². The number of nitrogens with zero attached hydrogens (tertiary/aromatic N) is 5. The van der Waals surface area contributed by atoms with E-state index in [1.165, 1.54) is 0 Å². The molecule has 2 fully saturated rings. The Labute approximate surface area is 231 Å². The zero-order valence-electron chi connectivity index (χ0n) is 22.1. The number of cyclic esters (lactones) is 1. The molecule has 5 rings (SSSR count). The van der Waals surface area contributed by atoms with Gasteiger partial charge in [0, 0.05) is 61.9 Å². The molecule has 0 saturated carbocycles. The molecule has 0 radical (unpaired) electrons. The molecule has 1 amide bonds. The van der Waals surface area contributed by atoms with Gasteiger partial charge in [-0.1, -0.05) is 11.2 Å². The Bertz CT molecular complexity index is 1230.